The molecule has 21 heavy (non-hydrogen) atoms. The summed E-state index contributed by atoms with van der Waals surface area (Å²) in [5.41, 5.74) is 3.47. The molecule has 1 aromatic rings. The van der Waals surface area contributed by atoms with Gasteiger partial charge in [0.15, 0.2) is 5.78 Å². The highest BCUT2D eigenvalue weighted by molar-refractivity contribution is 9.11. The maximum atomic E-state index is 12.3. The summed E-state index contributed by atoms with van der Waals surface area (Å²) < 4.78 is 1.05. The van der Waals surface area contributed by atoms with Crippen molar-refractivity contribution in [3.05, 3.63) is 52.0 Å². The van der Waals surface area contributed by atoms with Crippen molar-refractivity contribution in [2.75, 3.05) is 0 Å². The van der Waals surface area contributed by atoms with Crippen LogP contribution in [0.4, 0.5) is 0 Å². The van der Waals surface area contributed by atoms with Crippen LogP contribution in [-0.2, 0) is 4.79 Å². The molecule has 1 aliphatic carbocycles. The predicted molar refractivity (Wildman–Crippen MR) is 93.4 cm³/mol. The van der Waals surface area contributed by atoms with Crippen molar-refractivity contribution in [2.24, 2.45) is 5.92 Å². The summed E-state index contributed by atoms with van der Waals surface area (Å²) in [6, 6.07) is 8.40. The molecule has 1 aliphatic rings. The van der Waals surface area contributed by atoms with Crippen LogP contribution in [0.2, 0.25) is 0 Å². The molecule has 0 aromatic heterocycles. The van der Waals surface area contributed by atoms with Gasteiger partial charge in [0.1, 0.15) is 0 Å². The molecule has 1 nitrogen and oxygen atoms in total. The minimum absolute atomic E-state index is 0.241. The molecular formula is C19H23BrO. The standard InChI is InChI=1S/C19H23BrO/c1-14-8-10-16(11-9-14)18(15(2)20)12-13-19(21)17-6-4-3-5-7-17/h8-13,17H,3-7H2,1-2H3/b13-12+,18-15-. The molecule has 2 heteroatoms. The lowest BCUT2D eigenvalue weighted by Crippen LogP contribution is -2.15. The van der Waals surface area contributed by atoms with Gasteiger partial charge < -0.3 is 0 Å². The van der Waals surface area contributed by atoms with E-state index in [1.54, 1.807) is 6.08 Å². The normalized spacial score (nSPS) is 17.9. The number of benzene rings is 1. The lowest BCUT2D eigenvalue weighted by atomic mass is 9.86. The molecule has 0 spiro atoms. The minimum Gasteiger partial charge on any atom is -0.295 e. The monoisotopic (exact) mass is 346 g/mol. The number of ketones is 1. The van der Waals surface area contributed by atoms with Crippen LogP contribution in [0.1, 0.15) is 50.2 Å². The summed E-state index contributed by atoms with van der Waals surface area (Å²) in [4.78, 5) is 12.3. The quantitative estimate of drug-likeness (QED) is 0.495. The van der Waals surface area contributed by atoms with E-state index in [-0.39, 0.29) is 11.7 Å². The molecule has 0 amide bonds. The Morgan fingerprint density at radius 3 is 2.29 bits per heavy atom. The molecule has 1 saturated carbocycles. The van der Waals surface area contributed by atoms with Gasteiger partial charge in [-0.15, -0.1) is 0 Å². The van der Waals surface area contributed by atoms with Crippen LogP contribution >= 0.6 is 15.9 Å². The molecule has 1 aromatic carbocycles. The highest BCUT2D eigenvalue weighted by Crippen LogP contribution is 2.27. The Hall–Kier alpha value is -1.15. The molecule has 1 fully saturated rings. The van der Waals surface area contributed by atoms with E-state index in [2.05, 4.69) is 47.1 Å². The van der Waals surface area contributed by atoms with Gasteiger partial charge in [-0.1, -0.05) is 71.1 Å². The van der Waals surface area contributed by atoms with E-state index in [4.69, 9.17) is 0 Å². The summed E-state index contributed by atoms with van der Waals surface area (Å²) in [5, 5.41) is 0. The van der Waals surface area contributed by atoms with Gasteiger partial charge in [0.05, 0.1) is 0 Å². The van der Waals surface area contributed by atoms with Crippen LogP contribution in [0.25, 0.3) is 5.57 Å². The fourth-order valence-corrected chi connectivity index (χ4v) is 3.19. The van der Waals surface area contributed by atoms with E-state index < -0.39 is 0 Å². The third kappa shape index (κ3) is 4.67. The summed E-state index contributed by atoms with van der Waals surface area (Å²) in [6.07, 6.45) is 9.52. The molecule has 0 unspecified atom stereocenters. The fourth-order valence-electron chi connectivity index (χ4n) is 2.83. The topological polar surface area (TPSA) is 17.1 Å². The maximum absolute atomic E-state index is 12.3. The van der Waals surface area contributed by atoms with Gasteiger partial charge >= 0.3 is 0 Å². The highest BCUT2D eigenvalue weighted by atomic mass is 79.9. The smallest absolute Gasteiger partial charge is 0.158 e. The van der Waals surface area contributed by atoms with Crippen LogP contribution in [0, 0.1) is 12.8 Å². The molecule has 0 heterocycles. The van der Waals surface area contributed by atoms with Gasteiger partial charge in [0.25, 0.3) is 0 Å². The van der Waals surface area contributed by atoms with Crippen molar-refractivity contribution in [1.82, 2.24) is 0 Å². The number of hydrogen-bond donors (Lipinski definition) is 0. The largest absolute Gasteiger partial charge is 0.295 e. The van der Waals surface area contributed by atoms with Crippen LogP contribution in [0.15, 0.2) is 40.9 Å². The van der Waals surface area contributed by atoms with Crippen LogP contribution in [0.5, 0.6) is 0 Å². The minimum atomic E-state index is 0.241. The first-order valence-electron chi connectivity index (χ1n) is 7.73. The Labute approximate surface area is 136 Å². The number of rotatable bonds is 4. The number of hydrogen-bond acceptors (Lipinski definition) is 1. The molecule has 0 radical (unpaired) electrons. The predicted octanol–water partition coefficient (Wildman–Crippen LogP) is 5.83. The van der Waals surface area contributed by atoms with Crippen molar-refractivity contribution in [3.63, 3.8) is 0 Å². The van der Waals surface area contributed by atoms with Crippen LogP contribution in [-0.4, -0.2) is 5.78 Å². The van der Waals surface area contributed by atoms with Gasteiger partial charge in [-0.2, -0.15) is 0 Å². The van der Waals surface area contributed by atoms with Gasteiger partial charge in [-0.3, -0.25) is 4.79 Å². The Morgan fingerprint density at radius 1 is 1.10 bits per heavy atom. The van der Waals surface area contributed by atoms with Crippen LogP contribution in [0.3, 0.4) is 0 Å². The average Bonchev–Trinajstić information content (AvgIpc) is 2.49. The van der Waals surface area contributed by atoms with Gasteiger partial charge in [-0.05, 0) is 48.4 Å². The zero-order chi connectivity index (χ0) is 15.2. The van der Waals surface area contributed by atoms with Gasteiger partial charge in [0, 0.05) is 5.92 Å². The Bertz CT molecular complexity index is 541. The van der Waals surface area contributed by atoms with E-state index in [1.165, 1.54) is 24.8 Å². The number of carbonyl (C=O) groups excluding carboxylic acids is 1. The third-order valence-corrected chi connectivity index (χ3v) is 4.58. The van der Waals surface area contributed by atoms with E-state index in [0.717, 1.165) is 28.5 Å². The van der Waals surface area contributed by atoms with E-state index in [0.29, 0.717) is 0 Å². The second-order valence-corrected chi connectivity index (χ2v) is 7.07. The van der Waals surface area contributed by atoms with Crippen molar-refractivity contribution < 1.29 is 4.79 Å². The summed E-state index contributed by atoms with van der Waals surface area (Å²) >= 11 is 3.56. The lowest BCUT2D eigenvalue weighted by molar-refractivity contribution is -0.119. The molecule has 2 rings (SSSR count). The first-order chi connectivity index (χ1) is 10.1. The first kappa shape index (κ1) is 16.2. The zero-order valence-electron chi connectivity index (χ0n) is 12.9. The molecule has 112 valence electrons. The Balaban J connectivity index is 2.13. The van der Waals surface area contributed by atoms with Crippen molar-refractivity contribution in [3.8, 4) is 0 Å². The first-order valence-corrected chi connectivity index (χ1v) is 8.52. The fraction of sp³-hybridized carbons (Fsp3) is 0.421. The molecular weight excluding hydrogens is 324 g/mol. The number of allylic oxidation sites excluding steroid dienone is 4. The summed E-state index contributed by atoms with van der Waals surface area (Å²) in [7, 11) is 0. The SMILES string of the molecule is C/C(Br)=C(\C=C\C(=O)C1CCCCC1)c1ccc(C)cc1. The van der Waals surface area contributed by atoms with E-state index >= 15 is 0 Å². The maximum Gasteiger partial charge on any atom is 0.158 e. The average molecular weight is 347 g/mol. The molecule has 0 bridgehead atoms. The van der Waals surface area contributed by atoms with Crippen molar-refractivity contribution >= 4 is 27.3 Å². The Kier molecular flexibility index (Phi) is 5.98. The number of aryl methyl sites for hydroxylation is 1. The summed E-state index contributed by atoms with van der Waals surface area (Å²) in [6.45, 7) is 4.10. The summed E-state index contributed by atoms with van der Waals surface area (Å²) in [5.74, 6) is 0.526. The number of carbonyl (C=O) groups is 1. The van der Waals surface area contributed by atoms with Gasteiger partial charge in [0.2, 0.25) is 0 Å². The zero-order valence-corrected chi connectivity index (χ0v) is 14.4. The van der Waals surface area contributed by atoms with Gasteiger partial charge in [-0.25, -0.2) is 0 Å². The second kappa shape index (κ2) is 7.74. The molecule has 0 N–H and O–H groups in total. The number of halogens is 1. The Morgan fingerprint density at radius 2 is 1.71 bits per heavy atom. The van der Waals surface area contributed by atoms with E-state index in [1.807, 2.05) is 13.0 Å². The highest BCUT2D eigenvalue weighted by Gasteiger charge is 2.18. The molecule has 0 atom stereocenters. The van der Waals surface area contributed by atoms with Crippen molar-refractivity contribution in [2.45, 2.75) is 46.0 Å². The molecule has 0 saturated heterocycles. The van der Waals surface area contributed by atoms with Crippen molar-refractivity contribution in [1.29, 1.82) is 0 Å². The third-order valence-electron chi connectivity index (χ3n) is 4.16. The van der Waals surface area contributed by atoms with E-state index in [9.17, 15) is 4.79 Å². The lowest BCUT2D eigenvalue weighted by Gasteiger charge is -2.18. The van der Waals surface area contributed by atoms with Crippen LogP contribution < -0.4 is 0 Å². The second-order valence-electron chi connectivity index (χ2n) is 5.88. The molecule has 0 aliphatic heterocycles.